The maximum atomic E-state index is 12.5. The number of nitrogens with zero attached hydrogens (tertiary/aromatic N) is 1. The SMILES string of the molecule is CN(C)[C@H](CNC(=O)c1ccc(NC(=O)Nc2ccccc2)s1)c1cccs1. The number of nitrogens with one attached hydrogen (secondary N) is 3. The molecule has 3 amide bonds. The van der Waals surface area contributed by atoms with Gasteiger partial charge in [-0.2, -0.15) is 0 Å². The van der Waals surface area contributed by atoms with Crippen molar-refractivity contribution in [1.82, 2.24) is 10.2 Å². The molecule has 0 bridgehead atoms. The van der Waals surface area contributed by atoms with Crippen molar-refractivity contribution in [2.75, 3.05) is 31.3 Å². The average Bonchev–Trinajstić information content (AvgIpc) is 3.34. The van der Waals surface area contributed by atoms with Crippen LogP contribution < -0.4 is 16.0 Å². The number of carbonyl (C=O) groups excluding carboxylic acids is 2. The average molecular weight is 415 g/mol. The number of urea groups is 1. The standard InChI is InChI=1S/C20H22N4O2S2/c1-24(2)15(16-9-6-12-27-16)13-21-19(25)17-10-11-18(28-17)23-20(26)22-14-7-4-3-5-8-14/h3-12,15H,13H2,1-2H3,(H,21,25)(H2,22,23,26)/t15-/m1/s1. The molecule has 8 heteroatoms. The number of hydrogen-bond acceptors (Lipinski definition) is 5. The molecule has 0 fully saturated rings. The number of amides is 3. The second-order valence-corrected chi connectivity index (χ2v) is 8.38. The fraction of sp³-hybridized carbons (Fsp3) is 0.200. The van der Waals surface area contributed by atoms with Crippen molar-refractivity contribution in [3.05, 3.63) is 69.7 Å². The van der Waals surface area contributed by atoms with Gasteiger partial charge in [0.25, 0.3) is 5.91 Å². The molecule has 0 aliphatic carbocycles. The third-order valence-corrected chi connectivity index (χ3v) is 6.02. The molecule has 3 N–H and O–H groups in total. The number of rotatable bonds is 7. The molecule has 6 nitrogen and oxygen atoms in total. The number of carbonyl (C=O) groups is 2. The van der Waals surface area contributed by atoms with Crippen LogP contribution in [0.25, 0.3) is 0 Å². The van der Waals surface area contributed by atoms with Gasteiger partial charge in [0.15, 0.2) is 0 Å². The molecule has 2 aromatic heterocycles. The molecule has 1 atom stereocenters. The Hall–Kier alpha value is -2.68. The first-order valence-electron chi connectivity index (χ1n) is 8.74. The largest absolute Gasteiger partial charge is 0.349 e. The van der Waals surface area contributed by atoms with Crippen molar-refractivity contribution < 1.29 is 9.59 Å². The van der Waals surface area contributed by atoms with E-state index < -0.39 is 0 Å². The summed E-state index contributed by atoms with van der Waals surface area (Å²) in [5, 5.41) is 11.1. The summed E-state index contributed by atoms with van der Waals surface area (Å²) in [6.45, 7) is 0.515. The van der Waals surface area contributed by atoms with Gasteiger partial charge in [0.05, 0.1) is 15.9 Å². The van der Waals surface area contributed by atoms with Gasteiger partial charge in [-0.15, -0.1) is 22.7 Å². The molecule has 0 saturated heterocycles. The number of likely N-dealkylation sites (N-methyl/N-ethyl adjacent to an activating group) is 1. The lowest BCUT2D eigenvalue weighted by Gasteiger charge is -2.23. The van der Waals surface area contributed by atoms with E-state index in [1.165, 1.54) is 16.2 Å². The molecule has 0 unspecified atom stereocenters. The van der Waals surface area contributed by atoms with Gasteiger partial charge in [-0.25, -0.2) is 4.79 Å². The first-order valence-corrected chi connectivity index (χ1v) is 10.4. The van der Waals surface area contributed by atoms with Crippen molar-refractivity contribution in [3.8, 4) is 0 Å². The molecule has 0 aliphatic rings. The first-order chi connectivity index (χ1) is 13.5. The predicted molar refractivity (Wildman–Crippen MR) is 116 cm³/mol. The van der Waals surface area contributed by atoms with Gasteiger partial charge in [-0.1, -0.05) is 24.3 Å². The van der Waals surface area contributed by atoms with E-state index >= 15 is 0 Å². The van der Waals surface area contributed by atoms with Gasteiger partial charge in [0, 0.05) is 17.1 Å². The molecule has 3 rings (SSSR count). The number of benzene rings is 1. The minimum atomic E-state index is -0.342. The number of para-hydroxylation sites is 1. The van der Waals surface area contributed by atoms with E-state index in [9.17, 15) is 9.59 Å². The Labute approximate surface area is 172 Å². The van der Waals surface area contributed by atoms with Crippen LogP contribution in [0.1, 0.15) is 20.6 Å². The summed E-state index contributed by atoms with van der Waals surface area (Å²) in [7, 11) is 3.99. The lowest BCUT2D eigenvalue weighted by atomic mass is 10.2. The van der Waals surface area contributed by atoms with Crippen molar-refractivity contribution in [3.63, 3.8) is 0 Å². The van der Waals surface area contributed by atoms with Crippen LogP contribution in [0.15, 0.2) is 60.0 Å². The Morgan fingerprint density at radius 3 is 2.46 bits per heavy atom. The third kappa shape index (κ3) is 5.41. The summed E-state index contributed by atoms with van der Waals surface area (Å²) >= 11 is 2.92. The summed E-state index contributed by atoms with van der Waals surface area (Å²) in [4.78, 5) is 28.4. The van der Waals surface area contributed by atoms with Gasteiger partial charge in [0.1, 0.15) is 0 Å². The minimum Gasteiger partial charge on any atom is -0.349 e. The molecule has 3 aromatic rings. The van der Waals surface area contributed by atoms with E-state index in [2.05, 4.69) is 26.9 Å². The van der Waals surface area contributed by atoms with E-state index in [0.717, 1.165) is 0 Å². The summed E-state index contributed by atoms with van der Waals surface area (Å²) in [5.74, 6) is -0.148. The van der Waals surface area contributed by atoms with E-state index in [4.69, 9.17) is 0 Å². The highest BCUT2D eigenvalue weighted by Crippen LogP contribution is 2.24. The monoisotopic (exact) mass is 414 g/mol. The quantitative estimate of drug-likeness (QED) is 0.533. The topological polar surface area (TPSA) is 73.5 Å². The number of anilines is 2. The molecule has 1 aromatic carbocycles. The molecule has 28 heavy (non-hydrogen) atoms. The first kappa shape index (κ1) is 20.1. The Kier molecular flexibility index (Phi) is 6.80. The van der Waals surface area contributed by atoms with E-state index in [0.29, 0.717) is 22.1 Å². The van der Waals surface area contributed by atoms with E-state index in [1.54, 1.807) is 23.5 Å². The van der Waals surface area contributed by atoms with Crippen LogP contribution in [-0.4, -0.2) is 37.5 Å². The van der Waals surface area contributed by atoms with Crippen molar-refractivity contribution >= 4 is 45.3 Å². The molecule has 0 saturated carbocycles. The smallest absolute Gasteiger partial charge is 0.324 e. The van der Waals surface area contributed by atoms with Gasteiger partial charge < -0.3 is 15.5 Å². The van der Waals surface area contributed by atoms with Crippen molar-refractivity contribution in [2.24, 2.45) is 0 Å². The third-order valence-electron chi connectivity index (χ3n) is 4.05. The van der Waals surface area contributed by atoms with E-state index in [-0.39, 0.29) is 18.0 Å². The van der Waals surface area contributed by atoms with Crippen molar-refractivity contribution in [2.45, 2.75) is 6.04 Å². The Morgan fingerprint density at radius 2 is 1.79 bits per heavy atom. The van der Waals surface area contributed by atoms with Crippen molar-refractivity contribution in [1.29, 1.82) is 0 Å². The highest BCUT2D eigenvalue weighted by atomic mass is 32.1. The van der Waals surface area contributed by atoms with Crippen LogP contribution in [0.2, 0.25) is 0 Å². The number of thiophene rings is 2. The zero-order valence-corrected chi connectivity index (χ0v) is 17.3. The normalized spacial score (nSPS) is 11.8. The van der Waals surface area contributed by atoms with Gasteiger partial charge in [-0.05, 0) is 49.8 Å². The summed E-state index contributed by atoms with van der Waals surface area (Å²) in [6.07, 6.45) is 0. The molecular weight excluding hydrogens is 392 g/mol. The van der Waals surface area contributed by atoms with Gasteiger partial charge >= 0.3 is 6.03 Å². The maximum Gasteiger partial charge on any atom is 0.324 e. The Bertz CT molecular complexity index is 907. The highest BCUT2D eigenvalue weighted by Gasteiger charge is 2.17. The second-order valence-electron chi connectivity index (χ2n) is 6.31. The lowest BCUT2D eigenvalue weighted by Crippen LogP contribution is -2.33. The molecule has 0 spiro atoms. The molecule has 0 radical (unpaired) electrons. The Morgan fingerprint density at radius 1 is 1.00 bits per heavy atom. The zero-order valence-electron chi connectivity index (χ0n) is 15.6. The van der Waals surface area contributed by atoms with Crippen LogP contribution >= 0.6 is 22.7 Å². The van der Waals surface area contributed by atoms with Crippen LogP contribution in [0, 0.1) is 0 Å². The molecule has 146 valence electrons. The predicted octanol–water partition coefficient (Wildman–Crippen LogP) is 4.49. The molecular formula is C20H22N4O2S2. The zero-order chi connectivity index (χ0) is 19.9. The van der Waals surface area contributed by atoms with Crippen LogP contribution in [-0.2, 0) is 0 Å². The Balaban J connectivity index is 1.54. The highest BCUT2D eigenvalue weighted by molar-refractivity contribution is 7.18. The molecule has 2 heterocycles. The minimum absolute atomic E-state index is 0.123. The van der Waals surface area contributed by atoms with Crippen LogP contribution in [0.4, 0.5) is 15.5 Å². The number of hydrogen-bond donors (Lipinski definition) is 3. The second kappa shape index (κ2) is 9.50. The van der Waals surface area contributed by atoms with Crippen LogP contribution in [0.5, 0.6) is 0 Å². The maximum absolute atomic E-state index is 12.5. The summed E-state index contributed by atoms with van der Waals surface area (Å²) in [6, 6.07) is 16.5. The fourth-order valence-corrected chi connectivity index (χ4v) is 4.36. The van der Waals surface area contributed by atoms with Crippen LogP contribution in [0.3, 0.4) is 0 Å². The summed E-state index contributed by atoms with van der Waals surface area (Å²) in [5.41, 5.74) is 0.706. The summed E-state index contributed by atoms with van der Waals surface area (Å²) < 4.78 is 0. The van der Waals surface area contributed by atoms with Gasteiger partial charge in [0.2, 0.25) is 0 Å². The van der Waals surface area contributed by atoms with Gasteiger partial charge in [-0.3, -0.25) is 10.1 Å². The lowest BCUT2D eigenvalue weighted by molar-refractivity contribution is 0.0946. The molecule has 0 aliphatic heterocycles. The fourth-order valence-electron chi connectivity index (χ4n) is 2.62. The van der Waals surface area contributed by atoms with E-state index in [1.807, 2.05) is 55.9 Å².